The summed E-state index contributed by atoms with van der Waals surface area (Å²) in [6.45, 7) is 3.99. The molecule has 0 radical (unpaired) electrons. The molecule has 3 rings (SSSR count). The van der Waals surface area contributed by atoms with Crippen molar-refractivity contribution in [2.75, 3.05) is 5.32 Å². The molecular weight excluding hydrogens is 384 g/mol. The van der Waals surface area contributed by atoms with Crippen LogP contribution in [0.5, 0.6) is 0 Å². The Hall–Kier alpha value is -3.66. The lowest BCUT2D eigenvalue weighted by atomic mass is 10.1. The van der Waals surface area contributed by atoms with Crippen molar-refractivity contribution >= 4 is 33.8 Å². The Morgan fingerprint density at radius 3 is 2.43 bits per heavy atom. The first-order chi connectivity index (χ1) is 13.3. The van der Waals surface area contributed by atoms with Crippen LogP contribution in [-0.4, -0.2) is 20.7 Å². The molecule has 3 aromatic rings. The molecule has 1 aromatic heterocycles. The quantitative estimate of drug-likeness (QED) is 0.498. The van der Waals surface area contributed by atoms with E-state index in [1.54, 1.807) is 5.38 Å². The summed E-state index contributed by atoms with van der Waals surface area (Å²) < 4.78 is 0. The fourth-order valence-corrected chi connectivity index (χ4v) is 3.22. The van der Waals surface area contributed by atoms with Gasteiger partial charge in [-0.3, -0.25) is 30.3 Å². The molecule has 1 N–H and O–H groups in total. The number of hydrogen-bond donors (Lipinski definition) is 1. The van der Waals surface area contributed by atoms with Gasteiger partial charge in [-0.1, -0.05) is 12.1 Å². The fourth-order valence-electron chi connectivity index (χ4n) is 2.51. The van der Waals surface area contributed by atoms with Crippen molar-refractivity contribution in [2.24, 2.45) is 0 Å². The second-order valence-corrected chi connectivity index (χ2v) is 6.86. The number of benzene rings is 2. The number of nitrogens with one attached hydrogen (secondary N) is 1. The van der Waals surface area contributed by atoms with Crippen molar-refractivity contribution in [1.29, 1.82) is 0 Å². The monoisotopic (exact) mass is 398 g/mol. The molecule has 10 heteroatoms. The van der Waals surface area contributed by atoms with Gasteiger partial charge in [0.2, 0.25) is 0 Å². The zero-order chi connectivity index (χ0) is 20.4. The van der Waals surface area contributed by atoms with Gasteiger partial charge in [0, 0.05) is 17.0 Å². The number of non-ortho nitro benzene ring substituents is 1. The number of amides is 1. The SMILES string of the molecule is Cc1ccc(-c2csc(NC(=O)c3ccc([N+](=O)[O-])cc3[N+](=O)[O-])n2)cc1C. The van der Waals surface area contributed by atoms with E-state index >= 15 is 0 Å². The third-order valence-corrected chi connectivity index (χ3v) is 4.92. The summed E-state index contributed by atoms with van der Waals surface area (Å²) in [5.41, 5.74) is 2.43. The molecular formula is C18H14N4O5S. The van der Waals surface area contributed by atoms with Gasteiger partial charge >= 0.3 is 0 Å². The summed E-state index contributed by atoms with van der Waals surface area (Å²) in [5.74, 6) is -0.761. The van der Waals surface area contributed by atoms with Crippen molar-refractivity contribution in [2.45, 2.75) is 13.8 Å². The first-order valence-corrected chi connectivity index (χ1v) is 8.91. The first kappa shape index (κ1) is 19.1. The summed E-state index contributed by atoms with van der Waals surface area (Å²) in [6.07, 6.45) is 0. The van der Waals surface area contributed by atoms with Crippen LogP contribution in [0, 0.1) is 34.1 Å². The first-order valence-electron chi connectivity index (χ1n) is 8.03. The van der Waals surface area contributed by atoms with Crippen LogP contribution in [-0.2, 0) is 0 Å². The molecule has 1 amide bonds. The highest BCUT2D eigenvalue weighted by Crippen LogP contribution is 2.29. The number of thiazole rings is 1. The lowest BCUT2D eigenvalue weighted by Crippen LogP contribution is -2.14. The summed E-state index contributed by atoms with van der Waals surface area (Å²) in [6, 6.07) is 8.74. The van der Waals surface area contributed by atoms with E-state index in [9.17, 15) is 25.0 Å². The summed E-state index contributed by atoms with van der Waals surface area (Å²) >= 11 is 1.18. The molecule has 0 unspecified atom stereocenters. The molecule has 0 aliphatic rings. The second kappa shape index (κ2) is 7.53. The van der Waals surface area contributed by atoms with Crippen LogP contribution < -0.4 is 5.32 Å². The van der Waals surface area contributed by atoms with Crippen LogP contribution in [0.15, 0.2) is 41.8 Å². The van der Waals surface area contributed by atoms with Gasteiger partial charge in [0.05, 0.1) is 21.6 Å². The van der Waals surface area contributed by atoms with Crippen LogP contribution in [0.2, 0.25) is 0 Å². The van der Waals surface area contributed by atoms with E-state index in [1.165, 1.54) is 11.3 Å². The zero-order valence-corrected chi connectivity index (χ0v) is 15.6. The van der Waals surface area contributed by atoms with E-state index < -0.39 is 27.1 Å². The molecule has 0 saturated heterocycles. The third kappa shape index (κ3) is 3.86. The molecule has 2 aromatic carbocycles. The van der Waals surface area contributed by atoms with Crippen LogP contribution in [0.1, 0.15) is 21.5 Å². The Balaban J connectivity index is 1.86. The van der Waals surface area contributed by atoms with Gasteiger partial charge in [-0.25, -0.2) is 4.98 Å². The Bertz CT molecular complexity index is 1110. The number of carbonyl (C=O) groups is 1. The standard InChI is InChI=1S/C18H14N4O5S/c1-10-3-4-12(7-11(10)2)15-9-28-18(19-15)20-17(23)14-6-5-13(21(24)25)8-16(14)22(26)27/h3-9H,1-2H3,(H,19,20,23). The number of nitro groups is 2. The normalized spacial score (nSPS) is 10.5. The molecule has 0 bridgehead atoms. The third-order valence-electron chi connectivity index (χ3n) is 4.16. The van der Waals surface area contributed by atoms with Gasteiger partial charge in [0.25, 0.3) is 17.3 Å². The van der Waals surface area contributed by atoms with E-state index in [1.807, 2.05) is 32.0 Å². The van der Waals surface area contributed by atoms with Crippen molar-refractivity contribution in [1.82, 2.24) is 4.98 Å². The van der Waals surface area contributed by atoms with Crippen LogP contribution in [0.25, 0.3) is 11.3 Å². The van der Waals surface area contributed by atoms with E-state index in [0.717, 1.165) is 34.9 Å². The van der Waals surface area contributed by atoms with E-state index in [4.69, 9.17) is 0 Å². The summed E-state index contributed by atoms with van der Waals surface area (Å²) in [7, 11) is 0. The highest BCUT2D eigenvalue weighted by atomic mass is 32.1. The number of rotatable bonds is 5. The van der Waals surface area contributed by atoms with Crippen LogP contribution in [0.4, 0.5) is 16.5 Å². The molecule has 0 saturated carbocycles. The number of nitro benzene ring substituents is 2. The molecule has 0 spiro atoms. The highest BCUT2D eigenvalue weighted by molar-refractivity contribution is 7.14. The molecule has 0 fully saturated rings. The maximum atomic E-state index is 12.4. The van der Waals surface area contributed by atoms with E-state index in [0.29, 0.717) is 5.69 Å². The van der Waals surface area contributed by atoms with Crippen molar-refractivity contribution in [3.05, 3.63) is 78.7 Å². The number of anilines is 1. The maximum Gasteiger partial charge on any atom is 0.289 e. The van der Waals surface area contributed by atoms with Crippen LogP contribution in [0.3, 0.4) is 0 Å². The minimum absolute atomic E-state index is 0.269. The van der Waals surface area contributed by atoms with Gasteiger partial charge in [-0.2, -0.15) is 0 Å². The van der Waals surface area contributed by atoms with Crippen molar-refractivity contribution in [3.8, 4) is 11.3 Å². The predicted octanol–water partition coefficient (Wildman–Crippen LogP) is 4.50. The number of carbonyl (C=O) groups excluding carboxylic acids is 1. The van der Waals surface area contributed by atoms with Crippen molar-refractivity contribution in [3.63, 3.8) is 0 Å². The lowest BCUT2D eigenvalue weighted by Gasteiger charge is -2.04. The van der Waals surface area contributed by atoms with Gasteiger partial charge in [0.15, 0.2) is 5.13 Å². The number of nitrogens with zero attached hydrogens (tertiary/aromatic N) is 3. The Labute approximate surface area is 163 Å². The molecule has 1 heterocycles. The molecule has 9 nitrogen and oxygen atoms in total. The van der Waals surface area contributed by atoms with Gasteiger partial charge in [-0.05, 0) is 37.1 Å². The molecule has 0 atom stereocenters. The average Bonchev–Trinajstić information content (AvgIpc) is 3.11. The predicted molar refractivity (Wildman–Crippen MR) is 105 cm³/mol. The minimum Gasteiger partial charge on any atom is -0.298 e. The molecule has 0 aliphatic heterocycles. The van der Waals surface area contributed by atoms with E-state index in [-0.39, 0.29) is 10.7 Å². The highest BCUT2D eigenvalue weighted by Gasteiger charge is 2.24. The topological polar surface area (TPSA) is 128 Å². The van der Waals surface area contributed by atoms with Crippen LogP contribution >= 0.6 is 11.3 Å². The van der Waals surface area contributed by atoms with Gasteiger partial charge in [-0.15, -0.1) is 11.3 Å². The Kier molecular flexibility index (Phi) is 5.14. The molecule has 0 aliphatic carbocycles. The zero-order valence-electron chi connectivity index (χ0n) is 14.8. The fraction of sp³-hybridized carbons (Fsp3) is 0.111. The summed E-state index contributed by atoms with van der Waals surface area (Å²) in [4.78, 5) is 37.2. The maximum absolute atomic E-state index is 12.4. The average molecular weight is 398 g/mol. The molecule has 28 heavy (non-hydrogen) atoms. The van der Waals surface area contributed by atoms with E-state index in [2.05, 4.69) is 10.3 Å². The number of aryl methyl sites for hydroxylation is 2. The number of hydrogen-bond acceptors (Lipinski definition) is 7. The number of aromatic nitrogens is 1. The van der Waals surface area contributed by atoms with Gasteiger partial charge in [0.1, 0.15) is 5.56 Å². The molecule has 142 valence electrons. The Morgan fingerprint density at radius 2 is 1.79 bits per heavy atom. The van der Waals surface area contributed by atoms with Crippen molar-refractivity contribution < 1.29 is 14.6 Å². The minimum atomic E-state index is -0.829. The summed E-state index contributed by atoms with van der Waals surface area (Å²) in [5, 5.41) is 26.5. The second-order valence-electron chi connectivity index (χ2n) is 6.01. The largest absolute Gasteiger partial charge is 0.298 e. The van der Waals surface area contributed by atoms with Gasteiger partial charge < -0.3 is 0 Å². The Morgan fingerprint density at radius 1 is 1.04 bits per heavy atom. The smallest absolute Gasteiger partial charge is 0.289 e. The lowest BCUT2D eigenvalue weighted by molar-refractivity contribution is -0.394.